The second-order valence-corrected chi connectivity index (χ2v) is 5.63. The molecule has 0 saturated carbocycles. The van der Waals surface area contributed by atoms with Gasteiger partial charge in [-0.2, -0.15) is 0 Å². The third-order valence-corrected chi connectivity index (χ3v) is 2.62. The van der Waals surface area contributed by atoms with Gasteiger partial charge in [0.2, 0.25) is 0 Å². The van der Waals surface area contributed by atoms with E-state index in [9.17, 15) is 0 Å². The first-order chi connectivity index (χ1) is 8.31. The third-order valence-electron chi connectivity index (χ3n) is 2.10. The van der Waals surface area contributed by atoms with E-state index in [0.717, 1.165) is 0 Å². The molecule has 0 aliphatic heterocycles. The number of benzene rings is 1. The van der Waals surface area contributed by atoms with Crippen molar-refractivity contribution in [1.82, 2.24) is 0 Å². The highest BCUT2D eigenvalue weighted by atomic mass is 35.5. The number of ether oxygens (including phenoxy) is 2. The zero-order valence-electron chi connectivity index (χ0n) is 10.8. The van der Waals surface area contributed by atoms with Gasteiger partial charge in [-0.15, -0.1) is 0 Å². The van der Waals surface area contributed by atoms with Crippen molar-refractivity contribution in [3.8, 4) is 5.75 Å². The maximum Gasteiger partial charge on any atom is 0.131 e. The summed E-state index contributed by atoms with van der Waals surface area (Å²) in [6, 6.07) is 5.32. The van der Waals surface area contributed by atoms with Crippen LogP contribution in [0.1, 0.15) is 26.3 Å². The highest BCUT2D eigenvalue weighted by molar-refractivity contribution is 7.80. The quantitative estimate of drug-likeness (QED) is 0.667. The van der Waals surface area contributed by atoms with Gasteiger partial charge < -0.3 is 15.2 Å². The zero-order chi connectivity index (χ0) is 13.8. The Kier molecular flexibility index (Phi) is 5.38. The molecule has 0 heterocycles. The van der Waals surface area contributed by atoms with E-state index < -0.39 is 0 Å². The molecule has 1 rings (SSSR count). The van der Waals surface area contributed by atoms with Gasteiger partial charge in [0.05, 0.1) is 22.8 Å². The average molecular weight is 288 g/mol. The molecule has 0 spiro atoms. The first-order valence-corrected chi connectivity index (χ1v) is 6.45. The van der Waals surface area contributed by atoms with Gasteiger partial charge >= 0.3 is 0 Å². The van der Waals surface area contributed by atoms with Gasteiger partial charge in [-0.25, -0.2) is 0 Å². The fourth-order valence-electron chi connectivity index (χ4n) is 1.36. The lowest BCUT2D eigenvalue weighted by Crippen LogP contribution is -2.23. The number of hydrogen-bond acceptors (Lipinski definition) is 3. The number of rotatable bonds is 5. The van der Waals surface area contributed by atoms with Crippen molar-refractivity contribution in [1.29, 1.82) is 0 Å². The van der Waals surface area contributed by atoms with E-state index in [1.165, 1.54) is 0 Å². The van der Waals surface area contributed by atoms with Gasteiger partial charge in [0.15, 0.2) is 0 Å². The summed E-state index contributed by atoms with van der Waals surface area (Å²) >= 11 is 11.0. The van der Waals surface area contributed by atoms with E-state index in [0.29, 0.717) is 29.5 Å². The van der Waals surface area contributed by atoms with E-state index in [-0.39, 0.29) is 10.6 Å². The van der Waals surface area contributed by atoms with E-state index >= 15 is 0 Å². The number of thiocarbonyl (C=S) groups is 1. The van der Waals surface area contributed by atoms with Crippen LogP contribution < -0.4 is 10.5 Å². The molecule has 0 saturated heterocycles. The van der Waals surface area contributed by atoms with Gasteiger partial charge in [-0.05, 0) is 32.9 Å². The monoisotopic (exact) mass is 287 g/mol. The summed E-state index contributed by atoms with van der Waals surface area (Å²) in [5, 5.41) is 0.497. The zero-order valence-corrected chi connectivity index (χ0v) is 12.4. The highest BCUT2D eigenvalue weighted by Crippen LogP contribution is 2.26. The Hall–Kier alpha value is -0.840. The van der Waals surface area contributed by atoms with Crippen LogP contribution >= 0.6 is 23.8 Å². The maximum absolute atomic E-state index is 6.03. The predicted octanol–water partition coefficient (Wildman–Crippen LogP) is 3.17. The van der Waals surface area contributed by atoms with Crippen LogP contribution in [0.3, 0.4) is 0 Å². The second-order valence-electron chi connectivity index (χ2n) is 4.79. The van der Waals surface area contributed by atoms with Crippen LogP contribution in [0, 0.1) is 0 Å². The minimum Gasteiger partial charge on any atom is -0.490 e. The SMILES string of the molecule is CC(C)(C)OCCOc1cccc(Cl)c1C(N)=S. The fourth-order valence-corrected chi connectivity index (χ4v) is 1.90. The molecule has 5 heteroatoms. The molecule has 0 fully saturated rings. The highest BCUT2D eigenvalue weighted by Gasteiger charge is 2.12. The second kappa shape index (κ2) is 6.36. The lowest BCUT2D eigenvalue weighted by atomic mass is 10.2. The van der Waals surface area contributed by atoms with Gasteiger partial charge in [-0.3, -0.25) is 0 Å². The minimum absolute atomic E-state index is 0.177. The first-order valence-electron chi connectivity index (χ1n) is 5.66. The summed E-state index contributed by atoms with van der Waals surface area (Å²) in [4.78, 5) is 0.229. The molecule has 2 N–H and O–H groups in total. The lowest BCUT2D eigenvalue weighted by molar-refractivity contribution is -0.0163. The van der Waals surface area contributed by atoms with Crippen LogP contribution in [0.2, 0.25) is 5.02 Å². The van der Waals surface area contributed by atoms with E-state index in [1.807, 2.05) is 20.8 Å². The van der Waals surface area contributed by atoms with Crippen molar-refractivity contribution in [3.63, 3.8) is 0 Å². The maximum atomic E-state index is 6.03. The molecule has 0 bridgehead atoms. The molecule has 0 aromatic heterocycles. The molecule has 3 nitrogen and oxygen atoms in total. The summed E-state index contributed by atoms with van der Waals surface area (Å²) in [6.45, 7) is 6.90. The molecule has 18 heavy (non-hydrogen) atoms. The van der Waals surface area contributed by atoms with Crippen LogP contribution in [0.5, 0.6) is 5.75 Å². The molecular weight excluding hydrogens is 270 g/mol. The van der Waals surface area contributed by atoms with Crippen molar-refractivity contribution in [2.24, 2.45) is 5.73 Å². The Morgan fingerprint density at radius 1 is 1.33 bits per heavy atom. The first kappa shape index (κ1) is 15.2. The van der Waals surface area contributed by atoms with E-state index in [2.05, 4.69) is 0 Å². The smallest absolute Gasteiger partial charge is 0.131 e. The van der Waals surface area contributed by atoms with Crippen molar-refractivity contribution >= 4 is 28.8 Å². The summed E-state index contributed by atoms with van der Waals surface area (Å²) in [6.07, 6.45) is 0. The van der Waals surface area contributed by atoms with Crippen LogP contribution in [0.4, 0.5) is 0 Å². The molecule has 0 atom stereocenters. The third kappa shape index (κ3) is 4.80. The van der Waals surface area contributed by atoms with Gasteiger partial charge in [0.1, 0.15) is 17.3 Å². The summed E-state index contributed by atoms with van der Waals surface area (Å²) in [5.41, 5.74) is 6.02. The lowest BCUT2D eigenvalue weighted by Gasteiger charge is -2.20. The summed E-state index contributed by atoms with van der Waals surface area (Å²) < 4.78 is 11.2. The molecular formula is C13H18ClNO2S. The standard InChI is InChI=1S/C13H18ClNO2S/c1-13(2,3)17-8-7-16-10-6-4-5-9(14)11(10)12(15)18/h4-6H,7-8H2,1-3H3,(H2,15,18). The Balaban J connectivity index is 2.63. The Morgan fingerprint density at radius 2 is 2.00 bits per heavy atom. The van der Waals surface area contributed by atoms with Crippen LogP contribution in [-0.4, -0.2) is 23.8 Å². The molecule has 0 aliphatic carbocycles. The average Bonchev–Trinajstić information content (AvgIpc) is 2.22. The Morgan fingerprint density at radius 3 is 2.56 bits per heavy atom. The molecule has 100 valence electrons. The predicted molar refractivity (Wildman–Crippen MR) is 78.5 cm³/mol. The van der Waals surface area contributed by atoms with Gasteiger partial charge in [0.25, 0.3) is 0 Å². The molecule has 0 unspecified atom stereocenters. The van der Waals surface area contributed by atoms with E-state index in [1.54, 1.807) is 18.2 Å². The fraction of sp³-hybridized carbons (Fsp3) is 0.462. The molecule has 0 aliphatic rings. The number of halogens is 1. The largest absolute Gasteiger partial charge is 0.490 e. The Labute approximate surface area is 118 Å². The topological polar surface area (TPSA) is 44.5 Å². The van der Waals surface area contributed by atoms with Crippen LogP contribution in [0.15, 0.2) is 18.2 Å². The summed E-state index contributed by atoms with van der Waals surface area (Å²) in [7, 11) is 0. The molecule has 0 amide bonds. The van der Waals surface area contributed by atoms with Crippen LogP contribution in [0.25, 0.3) is 0 Å². The van der Waals surface area contributed by atoms with Crippen molar-refractivity contribution in [2.75, 3.05) is 13.2 Å². The van der Waals surface area contributed by atoms with Crippen LogP contribution in [-0.2, 0) is 4.74 Å². The van der Waals surface area contributed by atoms with Gasteiger partial charge in [0, 0.05) is 0 Å². The number of hydrogen-bond donors (Lipinski definition) is 1. The summed E-state index contributed by atoms with van der Waals surface area (Å²) in [5.74, 6) is 0.590. The normalized spacial score (nSPS) is 11.3. The number of nitrogens with two attached hydrogens (primary N) is 1. The van der Waals surface area contributed by atoms with E-state index in [4.69, 9.17) is 39.0 Å². The van der Waals surface area contributed by atoms with Gasteiger partial charge in [-0.1, -0.05) is 29.9 Å². The molecule has 1 aromatic rings. The Bertz CT molecular complexity index is 429. The van der Waals surface area contributed by atoms with Crippen molar-refractivity contribution < 1.29 is 9.47 Å². The molecule has 1 aromatic carbocycles. The van der Waals surface area contributed by atoms with Crippen molar-refractivity contribution in [3.05, 3.63) is 28.8 Å². The minimum atomic E-state index is -0.177. The molecule has 0 radical (unpaired) electrons. The van der Waals surface area contributed by atoms with Crippen molar-refractivity contribution in [2.45, 2.75) is 26.4 Å².